The lowest BCUT2D eigenvalue weighted by molar-refractivity contribution is -0.385. The molecule has 1 fully saturated rings. The van der Waals surface area contributed by atoms with Crippen molar-refractivity contribution in [2.24, 2.45) is 0 Å². The summed E-state index contributed by atoms with van der Waals surface area (Å²) in [6, 6.07) is 11.9. The average Bonchev–Trinajstić information content (AvgIpc) is 2.71. The summed E-state index contributed by atoms with van der Waals surface area (Å²) in [6.07, 6.45) is 8.06. The highest BCUT2D eigenvalue weighted by Crippen LogP contribution is 2.33. The molecule has 0 aliphatic heterocycles. The zero-order chi connectivity index (χ0) is 19.9. The Morgan fingerprint density at radius 3 is 2.46 bits per heavy atom. The van der Waals surface area contributed by atoms with E-state index in [1.165, 1.54) is 44.0 Å². The van der Waals surface area contributed by atoms with Crippen LogP contribution in [-0.4, -0.2) is 18.1 Å². The second kappa shape index (κ2) is 9.94. The standard InChI is InChI=1S/C22H27NO4S/c1-16-14-18(22(26-2)21(15-16)23(24)25)11-8-17-9-12-20(13-10-17)28-27-19-6-4-3-5-7-19/h9-10,12-15,19H,3-8,11H2,1-2H3. The molecule has 0 saturated heterocycles. The minimum Gasteiger partial charge on any atom is -0.490 e. The van der Waals surface area contributed by atoms with Crippen molar-refractivity contribution in [3.63, 3.8) is 0 Å². The molecule has 0 bridgehead atoms. The minimum atomic E-state index is -0.381. The zero-order valence-corrected chi connectivity index (χ0v) is 17.3. The number of hydrogen-bond donors (Lipinski definition) is 0. The first-order valence-corrected chi connectivity index (χ1v) is 10.5. The van der Waals surface area contributed by atoms with E-state index in [1.807, 2.05) is 13.0 Å². The predicted molar refractivity (Wildman–Crippen MR) is 112 cm³/mol. The Morgan fingerprint density at radius 1 is 1.11 bits per heavy atom. The van der Waals surface area contributed by atoms with E-state index in [2.05, 4.69) is 24.3 Å². The fraction of sp³-hybridized carbons (Fsp3) is 0.455. The van der Waals surface area contributed by atoms with Crippen molar-refractivity contribution >= 4 is 17.7 Å². The van der Waals surface area contributed by atoms with Crippen molar-refractivity contribution in [3.05, 3.63) is 63.2 Å². The first-order chi connectivity index (χ1) is 13.6. The molecule has 150 valence electrons. The Kier molecular flexibility index (Phi) is 7.34. The summed E-state index contributed by atoms with van der Waals surface area (Å²) in [6.45, 7) is 1.87. The van der Waals surface area contributed by atoms with Gasteiger partial charge < -0.3 is 8.92 Å². The van der Waals surface area contributed by atoms with Crippen molar-refractivity contribution < 1.29 is 13.8 Å². The van der Waals surface area contributed by atoms with Crippen LogP contribution in [0.1, 0.15) is 48.8 Å². The smallest absolute Gasteiger partial charge is 0.311 e. The number of nitro benzene ring substituents is 1. The maximum Gasteiger partial charge on any atom is 0.311 e. The summed E-state index contributed by atoms with van der Waals surface area (Å²) in [5, 5.41) is 11.3. The minimum absolute atomic E-state index is 0.0316. The molecule has 1 aliphatic carbocycles. The summed E-state index contributed by atoms with van der Waals surface area (Å²) < 4.78 is 11.3. The van der Waals surface area contributed by atoms with Crippen LogP contribution in [0.15, 0.2) is 41.3 Å². The number of benzene rings is 2. The summed E-state index contributed by atoms with van der Waals surface area (Å²) in [4.78, 5) is 12.0. The second-order valence-corrected chi connectivity index (χ2v) is 8.15. The van der Waals surface area contributed by atoms with Gasteiger partial charge in [-0.05, 0) is 55.9 Å². The molecule has 2 aromatic rings. The van der Waals surface area contributed by atoms with E-state index in [4.69, 9.17) is 8.92 Å². The van der Waals surface area contributed by atoms with Crippen LogP contribution in [0, 0.1) is 17.0 Å². The summed E-state index contributed by atoms with van der Waals surface area (Å²) in [5.41, 5.74) is 2.96. The van der Waals surface area contributed by atoms with Gasteiger partial charge in [-0.2, -0.15) is 0 Å². The van der Waals surface area contributed by atoms with Crippen LogP contribution in [0.5, 0.6) is 5.75 Å². The molecule has 0 spiro atoms. The van der Waals surface area contributed by atoms with Crippen molar-refractivity contribution in [3.8, 4) is 5.75 Å². The van der Waals surface area contributed by atoms with Gasteiger partial charge in [0.1, 0.15) is 0 Å². The Labute approximate surface area is 170 Å². The highest BCUT2D eigenvalue weighted by atomic mass is 32.2. The van der Waals surface area contributed by atoms with Gasteiger partial charge in [-0.15, -0.1) is 0 Å². The zero-order valence-electron chi connectivity index (χ0n) is 16.5. The van der Waals surface area contributed by atoms with Crippen molar-refractivity contribution in [2.75, 3.05) is 7.11 Å². The fourth-order valence-electron chi connectivity index (χ4n) is 3.66. The third kappa shape index (κ3) is 5.49. The van der Waals surface area contributed by atoms with E-state index in [-0.39, 0.29) is 10.6 Å². The molecule has 6 heteroatoms. The summed E-state index contributed by atoms with van der Waals surface area (Å²) >= 11 is 1.47. The lowest BCUT2D eigenvalue weighted by Gasteiger charge is -2.20. The number of nitro groups is 1. The second-order valence-electron chi connectivity index (χ2n) is 7.32. The maximum absolute atomic E-state index is 11.3. The molecule has 3 rings (SSSR count). The Bertz CT molecular complexity index is 801. The Balaban J connectivity index is 1.59. The van der Waals surface area contributed by atoms with Gasteiger partial charge in [0.25, 0.3) is 0 Å². The lowest BCUT2D eigenvalue weighted by atomic mass is 9.98. The van der Waals surface area contributed by atoms with Crippen molar-refractivity contribution in [1.29, 1.82) is 0 Å². The van der Waals surface area contributed by atoms with Gasteiger partial charge in [0.2, 0.25) is 0 Å². The van der Waals surface area contributed by atoms with Crippen LogP contribution in [0.4, 0.5) is 5.69 Å². The lowest BCUT2D eigenvalue weighted by Crippen LogP contribution is -2.12. The van der Waals surface area contributed by atoms with Gasteiger partial charge in [0.05, 0.1) is 18.1 Å². The first-order valence-electron chi connectivity index (χ1n) is 9.81. The van der Waals surface area contributed by atoms with Gasteiger partial charge in [-0.3, -0.25) is 10.1 Å². The Hall–Kier alpha value is -2.05. The van der Waals surface area contributed by atoms with Gasteiger partial charge in [0.15, 0.2) is 5.75 Å². The summed E-state index contributed by atoms with van der Waals surface area (Å²) in [5.74, 6) is 0.364. The maximum atomic E-state index is 11.3. The van der Waals surface area contributed by atoms with E-state index in [9.17, 15) is 10.1 Å². The molecular weight excluding hydrogens is 374 g/mol. The largest absolute Gasteiger partial charge is 0.490 e. The van der Waals surface area contributed by atoms with Gasteiger partial charge >= 0.3 is 5.69 Å². The van der Waals surface area contributed by atoms with Gasteiger partial charge in [0, 0.05) is 28.6 Å². The number of hydrogen-bond acceptors (Lipinski definition) is 5. The Morgan fingerprint density at radius 2 is 1.82 bits per heavy atom. The first kappa shape index (κ1) is 20.7. The summed E-state index contributed by atoms with van der Waals surface area (Å²) in [7, 11) is 1.49. The number of nitrogens with zero attached hydrogens (tertiary/aromatic N) is 1. The predicted octanol–water partition coefficient (Wildman–Crippen LogP) is 6.05. The highest BCUT2D eigenvalue weighted by molar-refractivity contribution is 7.94. The topological polar surface area (TPSA) is 61.6 Å². The number of aryl methyl sites for hydroxylation is 3. The SMILES string of the molecule is COc1c(CCc2ccc(SOC3CCCCC3)cc2)cc(C)cc1[N+](=O)[O-]. The van der Waals surface area contributed by atoms with Crippen LogP contribution in [0.2, 0.25) is 0 Å². The third-order valence-electron chi connectivity index (χ3n) is 5.13. The van der Waals surface area contributed by atoms with Crippen LogP contribution < -0.4 is 4.74 Å². The number of rotatable bonds is 8. The molecule has 0 heterocycles. The molecule has 0 aromatic heterocycles. The van der Waals surface area contributed by atoms with Crippen LogP contribution in [0.25, 0.3) is 0 Å². The molecule has 5 nitrogen and oxygen atoms in total. The van der Waals surface area contributed by atoms with Crippen LogP contribution >= 0.6 is 12.0 Å². The number of methoxy groups -OCH3 is 1. The molecule has 2 aromatic carbocycles. The molecule has 1 aliphatic rings. The molecule has 0 radical (unpaired) electrons. The molecule has 0 amide bonds. The van der Waals surface area contributed by atoms with Gasteiger partial charge in [-0.25, -0.2) is 0 Å². The van der Waals surface area contributed by atoms with Crippen molar-refractivity contribution in [2.45, 2.75) is 62.9 Å². The van der Waals surface area contributed by atoms with E-state index in [0.29, 0.717) is 18.3 Å². The van der Waals surface area contributed by atoms with Crippen LogP contribution in [0.3, 0.4) is 0 Å². The third-order valence-corrected chi connectivity index (χ3v) is 5.96. The van der Waals surface area contributed by atoms with Gasteiger partial charge in [-0.1, -0.05) is 37.5 Å². The highest BCUT2D eigenvalue weighted by Gasteiger charge is 2.19. The molecule has 0 unspecified atom stereocenters. The molecule has 1 saturated carbocycles. The van der Waals surface area contributed by atoms with E-state index in [0.717, 1.165) is 35.3 Å². The normalized spacial score (nSPS) is 14.8. The molecule has 0 atom stereocenters. The quantitative estimate of drug-likeness (QED) is 0.306. The van der Waals surface area contributed by atoms with Crippen molar-refractivity contribution in [1.82, 2.24) is 0 Å². The van der Waals surface area contributed by atoms with E-state index in [1.54, 1.807) is 6.07 Å². The fourth-order valence-corrected chi connectivity index (χ4v) is 4.35. The number of ether oxygens (including phenoxy) is 1. The average molecular weight is 402 g/mol. The van der Waals surface area contributed by atoms with Crippen LogP contribution in [-0.2, 0) is 17.0 Å². The molecule has 28 heavy (non-hydrogen) atoms. The molecule has 0 N–H and O–H groups in total. The van der Waals surface area contributed by atoms with E-state index < -0.39 is 0 Å². The molecular formula is C22H27NO4S. The van der Waals surface area contributed by atoms with E-state index >= 15 is 0 Å². The monoisotopic (exact) mass is 401 g/mol.